The van der Waals surface area contributed by atoms with Crippen molar-refractivity contribution in [2.24, 2.45) is 11.3 Å². The van der Waals surface area contributed by atoms with E-state index in [2.05, 4.69) is 37.8 Å². The SMILES string of the molecule is C[C@H](NC1CSCCC1(C)C)C1CCCCC1. The number of nitrogens with one attached hydrogen (secondary N) is 1. The first-order valence-corrected chi connectivity index (χ1v) is 8.59. The summed E-state index contributed by atoms with van der Waals surface area (Å²) in [6.45, 7) is 7.31. The molecular weight excluding hydrogens is 226 g/mol. The van der Waals surface area contributed by atoms with Gasteiger partial charge in [-0.1, -0.05) is 33.1 Å². The molecule has 0 radical (unpaired) electrons. The molecule has 0 aromatic carbocycles. The topological polar surface area (TPSA) is 12.0 Å². The molecule has 0 spiro atoms. The monoisotopic (exact) mass is 255 g/mol. The molecule has 2 atom stereocenters. The molecule has 1 saturated carbocycles. The second-order valence-electron chi connectivity index (χ2n) is 6.72. The van der Waals surface area contributed by atoms with Crippen LogP contribution in [-0.2, 0) is 0 Å². The molecule has 1 unspecified atom stereocenters. The summed E-state index contributed by atoms with van der Waals surface area (Å²) in [5.74, 6) is 3.60. The van der Waals surface area contributed by atoms with E-state index in [1.807, 2.05) is 0 Å². The van der Waals surface area contributed by atoms with Crippen LogP contribution in [0.2, 0.25) is 0 Å². The van der Waals surface area contributed by atoms with Gasteiger partial charge in [-0.2, -0.15) is 11.8 Å². The number of rotatable bonds is 3. The van der Waals surface area contributed by atoms with Gasteiger partial charge in [0.05, 0.1) is 0 Å². The maximum Gasteiger partial charge on any atom is 0.0212 e. The van der Waals surface area contributed by atoms with E-state index in [1.165, 1.54) is 50.0 Å². The van der Waals surface area contributed by atoms with Gasteiger partial charge in [0, 0.05) is 17.8 Å². The summed E-state index contributed by atoms with van der Waals surface area (Å²) < 4.78 is 0. The average molecular weight is 255 g/mol. The standard InChI is InChI=1S/C15H29NS/c1-12(13-7-5-4-6-8-13)16-14-11-17-10-9-15(14,2)3/h12-14,16H,4-11H2,1-3H3/t12-,14?/m0/s1. The molecule has 1 N–H and O–H groups in total. The Morgan fingerprint density at radius 2 is 1.88 bits per heavy atom. The first kappa shape index (κ1) is 13.7. The van der Waals surface area contributed by atoms with Gasteiger partial charge in [-0.25, -0.2) is 0 Å². The molecule has 2 aliphatic rings. The van der Waals surface area contributed by atoms with Crippen LogP contribution in [0.3, 0.4) is 0 Å². The van der Waals surface area contributed by atoms with Crippen LogP contribution in [-0.4, -0.2) is 23.6 Å². The number of hydrogen-bond acceptors (Lipinski definition) is 2. The van der Waals surface area contributed by atoms with Crippen LogP contribution in [0.15, 0.2) is 0 Å². The smallest absolute Gasteiger partial charge is 0.0212 e. The normalized spacial score (nSPS) is 32.3. The zero-order chi connectivity index (χ0) is 12.3. The van der Waals surface area contributed by atoms with E-state index >= 15 is 0 Å². The molecular formula is C15H29NS. The van der Waals surface area contributed by atoms with Gasteiger partial charge in [-0.05, 0) is 43.3 Å². The molecule has 0 aromatic heterocycles. The highest BCUT2D eigenvalue weighted by Gasteiger charge is 2.34. The summed E-state index contributed by atoms with van der Waals surface area (Å²) in [5.41, 5.74) is 0.494. The minimum Gasteiger partial charge on any atom is -0.310 e. The van der Waals surface area contributed by atoms with Gasteiger partial charge in [-0.3, -0.25) is 0 Å². The molecule has 1 heterocycles. The lowest BCUT2D eigenvalue weighted by atomic mass is 9.80. The molecule has 2 heteroatoms. The van der Waals surface area contributed by atoms with Crippen molar-refractivity contribution in [3.8, 4) is 0 Å². The second-order valence-corrected chi connectivity index (χ2v) is 7.87. The zero-order valence-corrected chi connectivity index (χ0v) is 12.6. The summed E-state index contributed by atoms with van der Waals surface area (Å²) in [6.07, 6.45) is 8.66. The Labute approximate surface area is 112 Å². The van der Waals surface area contributed by atoms with Gasteiger partial charge in [0.25, 0.3) is 0 Å². The van der Waals surface area contributed by atoms with Crippen molar-refractivity contribution in [2.75, 3.05) is 11.5 Å². The van der Waals surface area contributed by atoms with Crippen LogP contribution < -0.4 is 5.32 Å². The Bertz CT molecular complexity index is 233. The maximum absolute atomic E-state index is 3.96. The Morgan fingerprint density at radius 1 is 1.18 bits per heavy atom. The van der Waals surface area contributed by atoms with Crippen molar-refractivity contribution >= 4 is 11.8 Å². The van der Waals surface area contributed by atoms with Gasteiger partial charge in [0.15, 0.2) is 0 Å². The largest absolute Gasteiger partial charge is 0.310 e. The van der Waals surface area contributed by atoms with Gasteiger partial charge in [-0.15, -0.1) is 0 Å². The van der Waals surface area contributed by atoms with Crippen molar-refractivity contribution in [1.29, 1.82) is 0 Å². The van der Waals surface area contributed by atoms with E-state index in [-0.39, 0.29) is 0 Å². The second kappa shape index (κ2) is 5.97. The minimum atomic E-state index is 0.494. The maximum atomic E-state index is 3.96. The fraction of sp³-hybridized carbons (Fsp3) is 1.00. The van der Waals surface area contributed by atoms with Gasteiger partial charge < -0.3 is 5.32 Å². The van der Waals surface area contributed by atoms with Crippen LogP contribution >= 0.6 is 11.8 Å². The third-order valence-electron chi connectivity index (χ3n) is 4.94. The van der Waals surface area contributed by atoms with E-state index in [9.17, 15) is 0 Å². The van der Waals surface area contributed by atoms with Crippen molar-refractivity contribution in [3.05, 3.63) is 0 Å². The predicted octanol–water partition coefficient (Wildman–Crippen LogP) is 4.08. The third kappa shape index (κ3) is 3.64. The molecule has 1 aliphatic carbocycles. The summed E-state index contributed by atoms with van der Waals surface area (Å²) in [5, 5.41) is 3.96. The molecule has 1 aliphatic heterocycles. The highest BCUT2D eigenvalue weighted by Crippen LogP contribution is 2.35. The summed E-state index contributed by atoms with van der Waals surface area (Å²) in [7, 11) is 0. The Hall–Kier alpha value is 0.310. The molecule has 1 saturated heterocycles. The predicted molar refractivity (Wildman–Crippen MR) is 78.7 cm³/mol. The van der Waals surface area contributed by atoms with Crippen LogP contribution in [0.1, 0.15) is 59.3 Å². The van der Waals surface area contributed by atoms with Crippen molar-refractivity contribution < 1.29 is 0 Å². The van der Waals surface area contributed by atoms with Gasteiger partial charge in [0.2, 0.25) is 0 Å². The van der Waals surface area contributed by atoms with Crippen molar-refractivity contribution in [1.82, 2.24) is 5.32 Å². The Morgan fingerprint density at radius 3 is 2.53 bits per heavy atom. The Kier molecular flexibility index (Phi) is 4.82. The van der Waals surface area contributed by atoms with E-state index in [0.29, 0.717) is 5.41 Å². The van der Waals surface area contributed by atoms with E-state index in [4.69, 9.17) is 0 Å². The van der Waals surface area contributed by atoms with E-state index in [0.717, 1.165) is 18.0 Å². The fourth-order valence-electron chi connectivity index (χ4n) is 3.30. The number of thioether (sulfide) groups is 1. The van der Waals surface area contributed by atoms with Gasteiger partial charge >= 0.3 is 0 Å². The molecule has 0 amide bonds. The average Bonchev–Trinajstić information content (AvgIpc) is 2.33. The number of hydrogen-bond donors (Lipinski definition) is 1. The molecule has 2 fully saturated rings. The molecule has 1 nitrogen and oxygen atoms in total. The molecule has 0 aromatic rings. The highest BCUT2D eigenvalue weighted by atomic mass is 32.2. The van der Waals surface area contributed by atoms with Crippen LogP contribution in [0, 0.1) is 11.3 Å². The summed E-state index contributed by atoms with van der Waals surface area (Å²) in [4.78, 5) is 0. The summed E-state index contributed by atoms with van der Waals surface area (Å²) in [6, 6.07) is 1.44. The minimum absolute atomic E-state index is 0.494. The molecule has 17 heavy (non-hydrogen) atoms. The van der Waals surface area contributed by atoms with Crippen molar-refractivity contribution in [3.63, 3.8) is 0 Å². The third-order valence-corrected chi connectivity index (χ3v) is 6.00. The van der Waals surface area contributed by atoms with E-state index in [1.54, 1.807) is 0 Å². The molecule has 100 valence electrons. The zero-order valence-electron chi connectivity index (χ0n) is 11.8. The quantitative estimate of drug-likeness (QED) is 0.815. The lowest BCUT2D eigenvalue weighted by molar-refractivity contribution is 0.192. The van der Waals surface area contributed by atoms with Gasteiger partial charge in [0.1, 0.15) is 0 Å². The van der Waals surface area contributed by atoms with Crippen LogP contribution in [0.25, 0.3) is 0 Å². The lowest BCUT2D eigenvalue weighted by Crippen LogP contribution is -2.51. The molecule has 2 rings (SSSR count). The lowest BCUT2D eigenvalue weighted by Gasteiger charge is -2.42. The Balaban J connectivity index is 1.85. The van der Waals surface area contributed by atoms with Crippen LogP contribution in [0.4, 0.5) is 0 Å². The van der Waals surface area contributed by atoms with Crippen molar-refractivity contribution in [2.45, 2.75) is 71.4 Å². The molecule has 0 bridgehead atoms. The first-order chi connectivity index (χ1) is 8.09. The summed E-state index contributed by atoms with van der Waals surface area (Å²) >= 11 is 2.13. The van der Waals surface area contributed by atoms with Crippen LogP contribution in [0.5, 0.6) is 0 Å². The van der Waals surface area contributed by atoms with E-state index < -0.39 is 0 Å². The highest BCUT2D eigenvalue weighted by molar-refractivity contribution is 7.99. The fourth-order valence-corrected chi connectivity index (χ4v) is 4.92. The first-order valence-electron chi connectivity index (χ1n) is 7.43.